The van der Waals surface area contributed by atoms with Crippen LogP contribution in [-0.2, 0) is 0 Å². The van der Waals surface area contributed by atoms with Crippen LogP contribution in [-0.4, -0.2) is 0 Å². The average molecular weight is 201 g/mol. The Balaban J connectivity index is 0.00000144. The van der Waals surface area contributed by atoms with Crippen molar-refractivity contribution in [2.45, 2.75) is 13.0 Å². The van der Waals surface area contributed by atoms with Gasteiger partial charge in [-0.15, -0.1) is 12.4 Å². The van der Waals surface area contributed by atoms with Gasteiger partial charge in [0.05, 0.1) is 5.56 Å². The minimum absolute atomic E-state index is 0. The number of hydrogen-bond donors (Lipinski definition) is 1. The number of halogens is 2. The summed E-state index contributed by atoms with van der Waals surface area (Å²) in [4.78, 5) is 0. The topological polar surface area (TPSA) is 49.8 Å². The molecule has 1 aromatic rings. The van der Waals surface area contributed by atoms with E-state index in [4.69, 9.17) is 11.0 Å². The summed E-state index contributed by atoms with van der Waals surface area (Å²) in [6, 6.07) is 5.91. The van der Waals surface area contributed by atoms with Crippen molar-refractivity contribution in [1.29, 1.82) is 5.26 Å². The van der Waals surface area contributed by atoms with Crippen molar-refractivity contribution >= 4 is 12.4 Å². The number of hydrogen-bond acceptors (Lipinski definition) is 2. The minimum Gasteiger partial charge on any atom is -0.324 e. The van der Waals surface area contributed by atoms with Gasteiger partial charge in [0, 0.05) is 6.04 Å². The maximum atomic E-state index is 12.8. The van der Waals surface area contributed by atoms with Gasteiger partial charge in [-0.2, -0.15) is 5.26 Å². The molecule has 1 aromatic carbocycles. The summed E-state index contributed by atoms with van der Waals surface area (Å²) >= 11 is 0. The van der Waals surface area contributed by atoms with Crippen LogP contribution in [0.5, 0.6) is 0 Å². The highest BCUT2D eigenvalue weighted by atomic mass is 35.5. The fourth-order valence-electron chi connectivity index (χ4n) is 0.912. The standard InChI is InChI=1S/C9H9FN2.ClH/c1-6(12)7-2-3-9(10)8(4-7)5-11;/h2-4,6H,12H2,1H3;1H/t6-;/m0./s1. The first-order chi connectivity index (χ1) is 5.65. The lowest BCUT2D eigenvalue weighted by molar-refractivity contribution is 0.622. The van der Waals surface area contributed by atoms with Crippen LogP contribution in [0.2, 0.25) is 0 Å². The molecule has 0 aromatic heterocycles. The molecule has 1 atom stereocenters. The van der Waals surface area contributed by atoms with E-state index in [9.17, 15) is 4.39 Å². The van der Waals surface area contributed by atoms with Crippen molar-refractivity contribution < 1.29 is 4.39 Å². The van der Waals surface area contributed by atoms with E-state index in [1.807, 2.05) is 0 Å². The molecule has 0 bridgehead atoms. The zero-order chi connectivity index (χ0) is 9.14. The number of rotatable bonds is 1. The van der Waals surface area contributed by atoms with Crippen molar-refractivity contribution in [3.63, 3.8) is 0 Å². The van der Waals surface area contributed by atoms with E-state index in [1.165, 1.54) is 12.1 Å². The van der Waals surface area contributed by atoms with E-state index in [1.54, 1.807) is 19.1 Å². The first-order valence-electron chi connectivity index (χ1n) is 3.60. The molecule has 2 N–H and O–H groups in total. The second-order valence-electron chi connectivity index (χ2n) is 2.64. The molecule has 0 spiro atoms. The maximum Gasteiger partial charge on any atom is 0.140 e. The van der Waals surface area contributed by atoms with Crippen LogP contribution in [0.3, 0.4) is 0 Å². The molecule has 0 aliphatic carbocycles. The normalized spacial score (nSPS) is 11.2. The first-order valence-corrected chi connectivity index (χ1v) is 3.60. The van der Waals surface area contributed by atoms with Crippen molar-refractivity contribution in [2.24, 2.45) is 5.73 Å². The molecule has 0 amide bonds. The van der Waals surface area contributed by atoms with Gasteiger partial charge in [-0.25, -0.2) is 4.39 Å². The zero-order valence-electron chi connectivity index (χ0n) is 7.12. The second-order valence-corrected chi connectivity index (χ2v) is 2.64. The zero-order valence-corrected chi connectivity index (χ0v) is 7.94. The van der Waals surface area contributed by atoms with E-state index < -0.39 is 5.82 Å². The molecule has 0 aliphatic heterocycles. The fraction of sp³-hybridized carbons (Fsp3) is 0.222. The van der Waals surface area contributed by atoms with Crippen LogP contribution in [0.15, 0.2) is 18.2 Å². The molecule has 0 heterocycles. The maximum absolute atomic E-state index is 12.8. The fourth-order valence-corrected chi connectivity index (χ4v) is 0.912. The van der Waals surface area contributed by atoms with Crippen LogP contribution in [0.25, 0.3) is 0 Å². The number of nitrogens with zero attached hydrogens (tertiary/aromatic N) is 1. The lowest BCUT2D eigenvalue weighted by atomic mass is 10.1. The first kappa shape index (κ1) is 11.9. The van der Waals surface area contributed by atoms with E-state index in [2.05, 4.69) is 0 Å². The molecule has 0 saturated carbocycles. The average Bonchev–Trinajstić information content (AvgIpc) is 2.05. The second kappa shape index (κ2) is 4.80. The predicted molar refractivity (Wildman–Crippen MR) is 51.0 cm³/mol. The van der Waals surface area contributed by atoms with Crippen LogP contribution in [0, 0.1) is 17.1 Å². The number of nitriles is 1. The van der Waals surface area contributed by atoms with Gasteiger partial charge in [0.15, 0.2) is 0 Å². The SMILES string of the molecule is C[C@H](N)c1ccc(F)c(C#N)c1.Cl. The van der Waals surface area contributed by atoms with Gasteiger partial charge in [-0.05, 0) is 24.6 Å². The minimum atomic E-state index is -0.498. The van der Waals surface area contributed by atoms with Gasteiger partial charge in [0.1, 0.15) is 11.9 Å². The molecule has 0 saturated heterocycles. The van der Waals surface area contributed by atoms with E-state index >= 15 is 0 Å². The van der Waals surface area contributed by atoms with Crippen LogP contribution in [0.1, 0.15) is 24.1 Å². The number of benzene rings is 1. The van der Waals surface area contributed by atoms with Crippen molar-refractivity contribution in [3.8, 4) is 6.07 Å². The van der Waals surface area contributed by atoms with Crippen LogP contribution >= 0.6 is 12.4 Å². The van der Waals surface area contributed by atoms with Gasteiger partial charge in [0.2, 0.25) is 0 Å². The summed E-state index contributed by atoms with van der Waals surface area (Å²) in [6.45, 7) is 1.79. The van der Waals surface area contributed by atoms with Gasteiger partial charge in [-0.1, -0.05) is 6.07 Å². The van der Waals surface area contributed by atoms with E-state index in [0.29, 0.717) is 0 Å². The molecule has 4 heteroatoms. The van der Waals surface area contributed by atoms with E-state index in [0.717, 1.165) is 5.56 Å². The lowest BCUT2D eigenvalue weighted by Gasteiger charge is -2.04. The summed E-state index contributed by atoms with van der Waals surface area (Å²) in [5, 5.41) is 8.49. The molecule has 13 heavy (non-hydrogen) atoms. The summed E-state index contributed by atoms with van der Waals surface area (Å²) in [5.41, 5.74) is 6.37. The highest BCUT2D eigenvalue weighted by Gasteiger charge is 2.04. The third-order valence-corrected chi connectivity index (χ3v) is 1.64. The summed E-state index contributed by atoms with van der Waals surface area (Å²) < 4.78 is 12.8. The van der Waals surface area contributed by atoms with Gasteiger partial charge in [0.25, 0.3) is 0 Å². The summed E-state index contributed by atoms with van der Waals surface area (Å²) in [5.74, 6) is -0.498. The molecule has 0 radical (unpaired) electrons. The molecule has 0 fully saturated rings. The monoisotopic (exact) mass is 200 g/mol. The highest BCUT2D eigenvalue weighted by Crippen LogP contribution is 2.14. The Morgan fingerprint density at radius 3 is 2.62 bits per heavy atom. The molecule has 70 valence electrons. The van der Waals surface area contributed by atoms with Crippen molar-refractivity contribution in [2.75, 3.05) is 0 Å². The van der Waals surface area contributed by atoms with Gasteiger partial charge in [-0.3, -0.25) is 0 Å². The van der Waals surface area contributed by atoms with Crippen LogP contribution < -0.4 is 5.73 Å². The predicted octanol–water partition coefficient (Wildman–Crippen LogP) is 2.14. The molecular weight excluding hydrogens is 191 g/mol. The largest absolute Gasteiger partial charge is 0.324 e. The quantitative estimate of drug-likeness (QED) is 0.755. The summed E-state index contributed by atoms with van der Waals surface area (Å²) in [6.07, 6.45) is 0. The summed E-state index contributed by atoms with van der Waals surface area (Å²) in [7, 11) is 0. The van der Waals surface area contributed by atoms with Gasteiger partial charge >= 0.3 is 0 Å². The van der Waals surface area contributed by atoms with Gasteiger partial charge < -0.3 is 5.73 Å². The van der Waals surface area contributed by atoms with E-state index in [-0.39, 0.29) is 24.0 Å². The van der Waals surface area contributed by atoms with Crippen molar-refractivity contribution in [3.05, 3.63) is 35.1 Å². The molecule has 1 rings (SSSR count). The molecule has 2 nitrogen and oxygen atoms in total. The smallest absolute Gasteiger partial charge is 0.140 e. The lowest BCUT2D eigenvalue weighted by Crippen LogP contribution is -2.05. The molecule has 0 unspecified atom stereocenters. The van der Waals surface area contributed by atoms with Crippen LogP contribution in [0.4, 0.5) is 4.39 Å². The Bertz CT molecular complexity index is 331. The Morgan fingerprint density at radius 1 is 1.54 bits per heavy atom. The van der Waals surface area contributed by atoms with Crippen molar-refractivity contribution in [1.82, 2.24) is 0 Å². The Hall–Kier alpha value is -1.11. The molecule has 0 aliphatic rings. The third kappa shape index (κ3) is 2.69. The Labute approximate surface area is 82.6 Å². The molecular formula is C9H10ClFN2. The Kier molecular flexibility index (Phi) is 4.39. The number of nitrogens with two attached hydrogens (primary N) is 1. The Morgan fingerprint density at radius 2 is 2.15 bits per heavy atom. The third-order valence-electron chi connectivity index (χ3n) is 1.64. The highest BCUT2D eigenvalue weighted by molar-refractivity contribution is 5.85.